The zero-order valence-corrected chi connectivity index (χ0v) is 14.2. The van der Waals surface area contributed by atoms with Crippen LogP contribution in [0.1, 0.15) is 6.92 Å². The second-order valence-electron chi connectivity index (χ2n) is 5.28. The predicted octanol–water partition coefficient (Wildman–Crippen LogP) is 1.25. The first-order valence-corrected chi connectivity index (χ1v) is 8.35. The van der Waals surface area contributed by atoms with Gasteiger partial charge in [0.2, 0.25) is 0 Å². The van der Waals surface area contributed by atoms with Crippen molar-refractivity contribution >= 4 is 28.3 Å². The number of carbonyl (C=O) groups excluding carboxylic acids is 1. The Labute approximate surface area is 135 Å². The number of hydrogen-bond donors (Lipinski definition) is 1. The molecular weight excluding hydrogens is 300 g/mol. The Morgan fingerprint density at radius 3 is 2.73 bits per heavy atom. The number of thiophene rings is 1. The van der Waals surface area contributed by atoms with Crippen LogP contribution in [0.5, 0.6) is 0 Å². The van der Waals surface area contributed by atoms with E-state index in [1.165, 1.54) is 12.1 Å². The molecule has 0 radical (unpaired) electrons. The van der Waals surface area contributed by atoms with Crippen molar-refractivity contribution in [3.63, 3.8) is 0 Å². The number of methoxy groups -OCH3 is 1. The summed E-state index contributed by atoms with van der Waals surface area (Å²) in [6, 6.07) is 4.24. The highest BCUT2D eigenvalue weighted by atomic mass is 32.1. The van der Waals surface area contributed by atoms with Gasteiger partial charge in [0.15, 0.2) is 5.96 Å². The minimum Gasteiger partial charge on any atom is -0.469 e. The zero-order chi connectivity index (χ0) is 15.9. The number of esters is 1. The van der Waals surface area contributed by atoms with Crippen molar-refractivity contribution in [3.8, 4) is 0 Å². The summed E-state index contributed by atoms with van der Waals surface area (Å²) in [4.78, 5) is 20.4. The van der Waals surface area contributed by atoms with Gasteiger partial charge in [-0.2, -0.15) is 0 Å². The van der Waals surface area contributed by atoms with Gasteiger partial charge < -0.3 is 19.9 Å². The molecule has 0 aromatic carbocycles. The molecule has 0 bridgehead atoms. The number of nitrogens with zero attached hydrogens (tertiary/aromatic N) is 3. The molecule has 1 atom stereocenters. The van der Waals surface area contributed by atoms with E-state index in [0.717, 1.165) is 32.1 Å². The zero-order valence-electron chi connectivity index (χ0n) is 13.4. The first kappa shape index (κ1) is 16.6. The molecule has 0 saturated carbocycles. The minimum absolute atomic E-state index is 0.186. The molecule has 22 heavy (non-hydrogen) atoms. The first-order chi connectivity index (χ1) is 10.7. The van der Waals surface area contributed by atoms with Crippen LogP contribution in [0.2, 0.25) is 0 Å². The van der Waals surface area contributed by atoms with Crippen molar-refractivity contribution < 1.29 is 9.53 Å². The molecule has 1 aliphatic heterocycles. The fraction of sp³-hybridized carbons (Fsp3) is 0.600. The normalized spacial score (nSPS) is 17.3. The minimum atomic E-state index is -0.203. The van der Waals surface area contributed by atoms with Crippen LogP contribution in [0.4, 0.5) is 5.00 Å². The van der Waals surface area contributed by atoms with Crippen molar-refractivity contribution in [2.24, 2.45) is 10.9 Å². The maximum Gasteiger partial charge on any atom is 0.310 e. The molecule has 1 unspecified atom stereocenters. The van der Waals surface area contributed by atoms with E-state index in [4.69, 9.17) is 4.74 Å². The van der Waals surface area contributed by atoms with Crippen LogP contribution >= 0.6 is 11.3 Å². The molecule has 7 heteroatoms. The summed E-state index contributed by atoms with van der Waals surface area (Å²) in [5, 5.41) is 6.69. The molecule has 1 aromatic rings. The molecule has 1 aliphatic rings. The fourth-order valence-corrected chi connectivity index (χ4v) is 3.23. The molecule has 0 spiro atoms. The second-order valence-corrected chi connectivity index (χ2v) is 6.20. The summed E-state index contributed by atoms with van der Waals surface area (Å²) in [6.07, 6.45) is 0. The lowest BCUT2D eigenvalue weighted by atomic mass is 10.2. The third-order valence-corrected chi connectivity index (χ3v) is 4.71. The number of nitrogens with one attached hydrogen (secondary N) is 1. The Morgan fingerprint density at radius 1 is 1.45 bits per heavy atom. The van der Waals surface area contributed by atoms with Crippen LogP contribution in [0.15, 0.2) is 22.5 Å². The largest absolute Gasteiger partial charge is 0.469 e. The molecule has 1 N–H and O–H groups in total. The van der Waals surface area contributed by atoms with Crippen LogP contribution in [-0.2, 0) is 9.53 Å². The number of anilines is 1. The van der Waals surface area contributed by atoms with Gasteiger partial charge in [-0.05, 0) is 17.5 Å². The van der Waals surface area contributed by atoms with Gasteiger partial charge in [0, 0.05) is 39.8 Å². The van der Waals surface area contributed by atoms with Gasteiger partial charge in [0.05, 0.1) is 18.0 Å². The van der Waals surface area contributed by atoms with E-state index < -0.39 is 0 Å². The van der Waals surface area contributed by atoms with Crippen molar-refractivity contribution in [3.05, 3.63) is 17.5 Å². The molecule has 0 amide bonds. The summed E-state index contributed by atoms with van der Waals surface area (Å²) in [6.45, 7) is 6.18. The molecule has 6 nitrogen and oxygen atoms in total. The molecule has 1 fully saturated rings. The van der Waals surface area contributed by atoms with Gasteiger partial charge in [-0.3, -0.25) is 9.79 Å². The highest BCUT2D eigenvalue weighted by Crippen LogP contribution is 2.22. The molecule has 1 aromatic heterocycles. The van der Waals surface area contributed by atoms with Crippen LogP contribution < -0.4 is 10.2 Å². The van der Waals surface area contributed by atoms with Crippen LogP contribution in [-0.4, -0.2) is 63.7 Å². The summed E-state index contributed by atoms with van der Waals surface area (Å²) >= 11 is 1.77. The van der Waals surface area contributed by atoms with Crippen molar-refractivity contribution in [1.29, 1.82) is 0 Å². The quantitative estimate of drug-likeness (QED) is 0.513. The topological polar surface area (TPSA) is 57.2 Å². The molecule has 2 heterocycles. The summed E-state index contributed by atoms with van der Waals surface area (Å²) in [5.74, 6) is 0.459. The highest BCUT2D eigenvalue weighted by molar-refractivity contribution is 7.14. The Balaban J connectivity index is 1.82. The number of guanidine groups is 1. The third-order valence-electron chi connectivity index (χ3n) is 3.78. The van der Waals surface area contributed by atoms with Crippen molar-refractivity contribution in [2.45, 2.75) is 6.92 Å². The third kappa shape index (κ3) is 4.13. The van der Waals surface area contributed by atoms with Crippen molar-refractivity contribution in [2.75, 3.05) is 51.8 Å². The van der Waals surface area contributed by atoms with E-state index in [-0.39, 0.29) is 11.9 Å². The monoisotopic (exact) mass is 324 g/mol. The number of hydrogen-bond acceptors (Lipinski definition) is 5. The van der Waals surface area contributed by atoms with Crippen LogP contribution in [0.25, 0.3) is 0 Å². The lowest BCUT2D eigenvalue weighted by Crippen LogP contribution is -2.53. The number of rotatable bonds is 4. The van der Waals surface area contributed by atoms with E-state index in [0.29, 0.717) is 6.54 Å². The second kappa shape index (κ2) is 8.03. The van der Waals surface area contributed by atoms with Gasteiger partial charge in [0.25, 0.3) is 0 Å². The Morgan fingerprint density at radius 2 is 2.18 bits per heavy atom. The summed E-state index contributed by atoms with van der Waals surface area (Å²) in [5.41, 5.74) is 0. The number of piperazine rings is 1. The van der Waals surface area contributed by atoms with E-state index in [1.807, 2.05) is 6.92 Å². The molecule has 122 valence electrons. The average molecular weight is 324 g/mol. The van der Waals surface area contributed by atoms with E-state index in [1.54, 1.807) is 18.4 Å². The number of aliphatic imine (C=N–C) groups is 1. The lowest BCUT2D eigenvalue weighted by Gasteiger charge is -2.37. The van der Waals surface area contributed by atoms with E-state index in [9.17, 15) is 4.79 Å². The lowest BCUT2D eigenvalue weighted by molar-refractivity contribution is -0.144. The smallest absolute Gasteiger partial charge is 0.310 e. The SMILES string of the molecule is CN=C(NCC(C)C(=O)OC)N1CCN(c2cccs2)CC1. The van der Waals surface area contributed by atoms with Gasteiger partial charge >= 0.3 is 5.97 Å². The number of ether oxygens (including phenoxy) is 1. The molecular formula is C15H24N4O2S. The van der Waals surface area contributed by atoms with Gasteiger partial charge in [0.1, 0.15) is 0 Å². The Hall–Kier alpha value is -1.76. The standard InChI is InChI=1S/C15H24N4O2S/c1-12(14(20)21-3)11-17-15(16-2)19-8-6-18(7-9-19)13-5-4-10-22-13/h4-5,10,12H,6-9,11H2,1-3H3,(H,16,17). The molecule has 2 rings (SSSR count). The highest BCUT2D eigenvalue weighted by Gasteiger charge is 2.21. The maximum atomic E-state index is 11.4. The fourth-order valence-electron chi connectivity index (χ4n) is 2.45. The molecule has 1 saturated heterocycles. The predicted molar refractivity (Wildman–Crippen MR) is 90.6 cm³/mol. The van der Waals surface area contributed by atoms with E-state index in [2.05, 4.69) is 37.6 Å². The molecule has 0 aliphatic carbocycles. The van der Waals surface area contributed by atoms with Gasteiger partial charge in [-0.25, -0.2) is 0 Å². The number of carbonyl (C=O) groups is 1. The summed E-state index contributed by atoms with van der Waals surface area (Å²) < 4.78 is 4.74. The Kier molecular flexibility index (Phi) is 6.06. The average Bonchev–Trinajstić information content (AvgIpc) is 3.09. The van der Waals surface area contributed by atoms with Crippen molar-refractivity contribution in [1.82, 2.24) is 10.2 Å². The van der Waals surface area contributed by atoms with Gasteiger partial charge in [-0.1, -0.05) is 6.92 Å². The Bertz CT molecular complexity index is 496. The first-order valence-electron chi connectivity index (χ1n) is 7.47. The maximum absolute atomic E-state index is 11.4. The summed E-state index contributed by atoms with van der Waals surface area (Å²) in [7, 11) is 3.19. The van der Waals surface area contributed by atoms with Crippen LogP contribution in [0.3, 0.4) is 0 Å². The van der Waals surface area contributed by atoms with E-state index >= 15 is 0 Å². The van der Waals surface area contributed by atoms with Crippen LogP contribution in [0, 0.1) is 5.92 Å². The van der Waals surface area contributed by atoms with Gasteiger partial charge in [-0.15, -0.1) is 11.3 Å².